The number of benzene rings is 1. The standard InChI is InChI=1S/C41H60N10O16S/c1-20(33(58)50-28(16-22-8-5-4-6-9-22)40(65)51-14-7-10-29(51)39(64)45-21(2)41(66)67)44-37(62)26(17-31(54)55)49-38(63)27(18-32(56)57)48-35(60)24(11-12-30(43)53)47-36(61)25(13-15-68-3)46-34(59)23(42)19-52/h4-6,8-9,20-21,23-29,52H,7,10-19,42H2,1-3H3,(H2,43,53)(H,44,62)(H,45,64)(H,46,59)(H,47,61)(H,48,60)(H,49,63)(H,50,58)(H,54,55)(H,56,57)(H,66,67)/t20-,21-,23-,24-,25-,26-,27-,28-,29-/m0/s1. The summed E-state index contributed by atoms with van der Waals surface area (Å²) in [6.07, 6.45) is -1.11. The van der Waals surface area contributed by atoms with Crippen molar-refractivity contribution in [3.8, 4) is 0 Å². The van der Waals surface area contributed by atoms with Gasteiger partial charge in [0.1, 0.15) is 54.4 Å². The summed E-state index contributed by atoms with van der Waals surface area (Å²) in [5.41, 5.74) is 11.4. The predicted octanol–water partition coefficient (Wildman–Crippen LogP) is -4.97. The molecule has 1 aromatic rings. The van der Waals surface area contributed by atoms with Crippen LogP contribution in [0.25, 0.3) is 0 Å². The molecule has 1 fully saturated rings. The zero-order valence-corrected chi connectivity index (χ0v) is 38.4. The molecule has 0 spiro atoms. The van der Waals surface area contributed by atoms with Crippen molar-refractivity contribution in [1.82, 2.24) is 42.1 Å². The highest BCUT2D eigenvalue weighted by molar-refractivity contribution is 7.98. The van der Waals surface area contributed by atoms with E-state index in [1.165, 1.54) is 30.5 Å². The van der Waals surface area contributed by atoms with Gasteiger partial charge in [0.2, 0.25) is 53.2 Å². The molecule has 0 saturated carbocycles. The molecule has 27 heteroatoms. The molecule has 68 heavy (non-hydrogen) atoms. The Hall–Kier alpha value is -6.87. The maximum atomic E-state index is 14.0. The zero-order valence-electron chi connectivity index (χ0n) is 37.6. The summed E-state index contributed by atoms with van der Waals surface area (Å²) in [5.74, 6) is -13.4. The molecule has 15 N–H and O–H groups in total. The monoisotopic (exact) mass is 980 g/mol. The number of hydrogen-bond donors (Lipinski definition) is 13. The highest BCUT2D eigenvalue weighted by Crippen LogP contribution is 2.20. The third-order valence-electron chi connectivity index (χ3n) is 10.3. The number of nitrogens with two attached hydrogens (primary N) is 2. The molecule has 1 heterocycles. The van der Waals surface area contributed by atoms with E-state index in [1.54, 1.807) is 36.6 Å². The normalized spacial score (nSPS) is 16.7. The Labute approximate surface area is 394 Å². The lowest BCUT2D eigenvalue weighted by molar-refractivity contribution is -0.144. The number of aliphatic hydroxyl groups is 1. The van der Waals surface area contributed by atoms with E-state index < -0.39 is 158 Å². The summed E-state index contributed by atoms with van der Waals surface area (Å²) in [7, 11) is 0. The number of aliphatic carboxylic acids is 3. The first-order valence-electron chi connectivity index (χ1n) is 21.3. The van der Waals surface area contributed by atoms with Crippen LogP contribution in [0.5, 0.6) is 0 Å². The van der Waals surface area contributed by atoms with E-state index in [-0.39, 0.29) is 25.8 Å². The lowest BCUT2D eigenvalue weighted by atomic mass is 10.0. The van der Waals surface area contributed by atoms with Gasteiger partial charge in [0.05, 0.1) is 19.4 Å². The number of primary amides is 1. The van der Waals surface area contributed by atoms with Crippen molar-refractivity contribution in [2.24, 2.45) is 11.5 Å². The van der Waals surface area contributed by atoms with E-state index in [0.29, 0.717) is 17.7 Å². The summed E-state index contributed by atoms with van der Waals surface area (Å²) in [6, 6.07) is -5.30. The number of rotatable bonds is 29. The second kappa shape index (κ2) is 28.3. The lowest BCUT2D eigenvalue weighted by Gasteiger charge is -2.30. The molecule has 9 atom stereocenters. The molecule has 1 saturated heterocycles. The van der Waals surface area contributed by atoms with Crippen LogP contribution in [0.4, 0.5) is 0 Å². The average Bonchev–Trinajstić information content (AvgIpc) is 3.78. The van der Waals surface area contributed by atoms with Crippen LogP contribution in [0.1, 0.15) is 64.4 Å². The Morgan fingerprint density at radius 3 is 1.69 bits per heavy atom. The van der Waals surface area contributed by atoms with Gasteiger partial charge in [-0.15, -0.1) is 0 Å². The number of likely N-dealkylation sites (tertiary alicyclic amines) is 1. The van der Waals surface area contributed by atoms with Gasteiger partial charge in [-0.1, -0.05) is 30.3 Å². The summed E-state index contributed by atoms with van der Waals surface area (Å²) in [4.78, 5) is 155. The third kappa shape index (κ3) is 19.2. The van der Waals surface area contributed by atoms with Crippen molar-refractivity contribution in [1.29, 1.82) is 0 Å². The molecular formula is C41H60N10O16S. The summed E-state index contributed by atoms with van der Waals surface area (Å²) >= 11 is 1.29. The smallest absolute Gasteiger partial charge is 0.325 e. The van der Waals surface area contributed by atoms with E-state index in [9.17, 15) is 78.0 Å². The fourth-order valence-corrected chi connectivity index (χ4v) is 7.08. The van der Waals surface area contributed by atoms with Crippen LogP contribution in [0, 0.1) is 0 Å². The number of nitrogens with one attached hydrogen (secondary N) is 7. The van der Waals surface area contributed by atoms with Crippen LogP contribution < -0.4 is 48.7 Å². The summed E-state index contributed by atoms with van der Waals surface area (Å²) in [6.45, 7) is 1.75. The highest BCUT2D eigenvalue weighted by Gasteiger charge is 2.40. The number of nitrogens with zero attached hydrogens (tertiary/aromatic N) is 1. The molecule has 9 amide bonds. The van der Waals surface area contributed by atoms with Gasteiger partial charge in [-0.3, -0.25) is 57.5 Å². The molecule has 1 aromatic carbocycles. The van der Waals surface area contributed by atoms with Crippen LogP contribution in [0.3, 0.4) is 0 Å². The van der Waals surface area contributed by atoms with Gasteiger partial charge < -0.3 is 74.0 Å². The first kappa shape index (κ1) is 57.3. The van der Waals surface area contributed by atoms with Gasteiger partial charge >= 0.3 is 17.9 Å². The maximum Gasteiger partial charge on any atom is 0.325 e. The number of thioether (sulfide) groups is 1. The number of carboxylic acid groups (broad SMARTS) is 3. The quantitative estimate of drug-likeness (QED) is 0.0357. The third-order valence-corrected chi connectivity index (χ3v) is 11.0. The minimum atomic E-state index is -2.05. The molecule has 0 aliphatic carbocycles. The molecule has 0 aromatic heterocycles. The minimum Gasteiger partial charge on any atom is -0.481 e. The number of carbonyl (C=O) groups is 12. The van der Waals surface area contributed by atoms with Crippen LogP contribution in [0.2, 0.25) is 0 Å². The Morgan fingerprint density at radius 1 is 0.676 bits per heavy atom. The SMILES string of the molecule is CSCC[C@H](NC(=O)[C@@H](N)CO)C(=O)N[C@@H](CCC(N)=O)C(=O)N[C@@H](CC(=O)O)C(=O)N[C@@H](CC(=O)O)C(=O)N[C@@H](C)C(=O)N[C@@H](Cc1ccccc1)C(=O)N1CCC[C@H]1C(=O)N[C@@H](C)C(=O)O. The Kier molecular flexibility index (Phi) is 23.9. The van der Waals surface area contributed by atoms with Gasteiger partial charge in [0.25, 0.3) is 0 Å². The summed E-state index contributed by atoms with van der Waals surface area (Å²) < 4.78 is 0. The Balaban J connectivity index is 2.32. The van der Waals surface area contributed by atoms with Crippen molar-refractivity contribution >= 4 is 82.8 Å². The topological polar surface area (TPSA) is 425 Å². The molecule has 0 bridgehead atoms. The zero-order chi connectivity index (χ0) is 51.2. The number of carboxylic acids is 3. The average molecular weight is 981 g/mol. The van der Waals surface area contributed by atoms with Crippen LogP contribution in [-0.4, -0.2) is 176 Å². The molecule has 1 aliphatic rings. The van der Waals surface area contributed by atoms with Gasteiger partial charge in [-0.2, -0.15) is 11.8 Å². The van der Waals surface area contributed by atoms with Gasteiger partial charge in [-0.05, 0) is 57.1 Å². The largest absolute Gasteiger partial charge is 0.481 e. The van der Waals surface area contributed by atoms with Crippen molar-refractivity contribution < 1.29 is 78.0 Å². The van der Waals surface area contributed by atoms with Crippen molar-refractivity contribution in [2.75, 3.05) is 25.2 Å². The first-order chi connectivity index (χ1) is 32.0. The van der Waals surface area contributed by atoms with E-state index in [1.807, 2.05) is 0 Å². The number of aliphatic hydroxyl groups excluding tert-OH is 1. The predicted molar refractivity (Wildman–Crippen MR) is 238 cm³/mol. The van der Waals surface area contributed by atoms with E-state index in [2.05, 4.69) is 37.2 Å². The molecule has 0 radical (unpaired) electrons. The molecular weight excluding hydrogens is 921 g/mol. The second-order valence-corrected chi connectivity index (χ2v) is 16.7. The van der Waals surface area contributed by atoms with Crippen LogP contribution in [-0.2, 0) is 64.0 Å². The van der Waals surface area contributed by atoms with Crippen LogP contribution in [0.15, 0.2) is 30.3 Å². The van der Waals surface area contributed by atoms with E-state index >= 15 is 0 Å². The molecule has 26 nitrogen and oxygen atoms in total. The van der Waals surface area contributed by atoms with Crippen molar-refractivity contribution in [2.45, 2.75) is 120 Å². The molecule has 1 aliphatic heterocycles. The molecule has 376 valence electrons. The number of amides is 9. The Morgan fingerprint density at radius 2 is 1.18 bits per heavy atom. The minimum absolute atomic E-state index is 0.000913. The lowest BCUT2D eigenvalue weighted by Crippen LogP contribution is -2.60. The van der Waals surface area contributed by atoms with Crippen molar-refractivity contribution in [3.63, 3.8) is 0 Å². The maximum absolute atomic E-state index is 14.0. The number of hydrogen-bond acceptors (Lipinski definition) is 15. The molecule has 2 rings (SSSR count). The first-order valence-corrected chi connectivity index (χ1v) is 22.7. The number of carbonyl (C=O) groups excluding carboxylic acids is 9. The van der Waals surface area contributed by atoms with E-state index in [4.69, 9.17) is 11.5 Å². The van der Waals surface area contributed by atoms with Gasteiger partial charge in [0, 0.05) is 19.4 Å². The van der Waals surface area contributed by atoms with Crippen LogP contribution >= 0.6 is 11.8 Å². The van der Waals surface area contributed by atoms with E-state index in [0.717, 1.165) is 0 Å². The summed E-state index contributed by atoms with van der Waals surface area (Å²) in [5, 5.41) is 53.7. The second-order valence-electron chi connectivity index (χ2n) is 15.8. The van der Waals surface area contributed by atoms with Gasteiger partial charge in [0.15, 0.2) is 0 Å². The Bertz CT molecular complexity index is 2010. The van der Waals surface area contributed by atoms with Gasteiger partial charge in [-0.25, -0.2) is 0 Å². The fourth-order valence-electron chi connectivity index (χ4n) is 6.61. The highest BCUT2D eigenvalue weighted by atomic mass is 32.2. The fraction of sp³-hybridized carbons (Fsp3) is 0.561. The molecule has 0 unspecified atom stereocenters. The van der Waals surface area contributed by atoms with Crippen molar-refractivity contribution in [3.05, 3.63) is 35.9 Å².